The zero-order chi connectivity index (χ0) is 27.3. The highest BCUT2D eigenvalue weighted by atomic mass is 16.5. The van der Waals surface area contributed by atoms with Crippen molar-refractivity contribution in [2.75, 3.05) is 69.3 Å². The number of hydrogen-bond acceptors (Lipinski definition) is 10. The summed E-state index contributed by atoms with van der Waals surface area (Å²) >= 11 is 0. The van der Waals surface area contributed by atoms with Gasteiger partial charge in [0, 0.05) is 76.1 Å². The summed E-state index contributed by atoms with van der Waals surface area (Å²) < 4.78 is 12.1. The normalized spacial score (nSPS) is 17.9. The summed E-state index contributed by atoms with van der Waals surface area (Å²) in [4.78, 5) is 25.3. The number of aliphatic hydroxyl groups is 1. The number of anilines is 2. The molecular formula is C30H35N7O3. The number of methoxy groups -OCH3 is 1. The fourth-order valence-electron chi connectivity index (χ4n) is 5.52. The first-order chi connectivity index (χ1) is 19.7. The first-order valence-corrected chi connectivity index (χ1v) is 13.9. The van der Waals surface area contributed by atoms with Crippen molar-refractivity contribution < 1.29 is 14.6 Å². The lowest BCUT2D eigenvalue weighted by molar-refractivity contribution is 0.177. The van der Waals surface area contributed by atoms with Crippen LogP contribution in [0.5, 0.6) is 11.5 Å². The summed E-state index contributed by atoms with van der Waals surface area (Å²) in [5.74, 6) is 3.01. The maximum atomic E-state index is 9.27. The van der Waals surface area contributed by atoms with Crippen molar-refractivity contribution in [2.45, 2.75) is 18.9 Å². The molecule has 2 aromatic carbocycles. The van der Waals surface area contributed by atoms with E-state index in [-0.39, 0.29) is 12.7 Å². The first-order valence-electron chi connectivity index (χ1n) is 13.9. The second kappa shape index (κ2) is 12.0. The third-order valence-corrected chi connectivity index (χ3v) is 7.64. The smallest absolute Gasteiger partial charge is 0.225 e. The molecule has 0 spiro atoms. The monoisotopic (exact) mass is 541 g/mol. The van der Waals surface area contributed by atoms with Gasteiger partial charge in [-0.15, -0.1) is 0 Å². The van der Waals surface area contributed by atoms with E-state index < -0.39 is 0 Å². The van der Waals surface area contributed by atoms with Gasteiger partial charge in [0.1, 0.15) is 18.2 Å². The molecule has 10 heteroatoms. The third-order valence-electron chi connectivity index (χ3n) is 7.64. The maximum absolute atomic E-state index is 9.27. The van der Waals surface area contributed by atoms with E-state index in [9.17, 15) is 5.11 Å². The third kappa shape index (κ3) is 5.78. The standard InChI is InChI=1S/C30H35N7O3/c1-39-27-17-26-25(16-28(27)40-24-7-8-35(20-24)13-14-38)29(34-21-33-26)36-9-11-37(12-10-36)30-31-18-23(19-32-30)15-22-5-3-2-4-6-22/h2-6,16-19,21,24,38H,7-15,20H2,1H3. The summed E-state index contributed by atoms with van der Waals surface area (Å²) in [5, 5.41) is 10.2. The molecule has 0 bridgehead atoms. The lowest BCUT2D eigenvalue weighted by Gasteiger charge is -2.35. The minimum absolute atomic E-state index is 0.0496. The highest BCUT2D eigenvalue weighted by Crippen LogP contribution is 2.36. The Bertz CT molecular complexity index is 1410. The Labute approximate surface area is 234 Å². The molecule has 0 saturated carbocycles. The fourth-order valence-corrected chi connectivity index (χ4v) is 5.52. The number of aliphatic hydroxyl groups excluding tert-OH is 1. The number of fused-ring (bicyclic) bond motifs is 1. The molecule has 1 unspecified atom stereocenters. The van der Waals surface area contributed by atoms with Crippen LogP contribution in [0.4, 0.5) is 11.8 Å². The van der Waals surface area contributed by atoms with Crippen LogP contribution in [-0.4, -0.2) is 95.6 Å². The van der Waals surface area contributed by atoms with Crippen LogP contribution >= 0.6 is 0 Å². The van der Waals surface area contributed by atoms with Crippen molar-refractivity contribution in [1.29, 1.82) is 0 Å². The molecule has 6 rings (SSSR count). The lowest BCUT2D eigenvalue weighted by atomic mass is 10.1. The minimum Gasteiger partial charge on any atom is -0.493 e. The van der Waals surface area contributed by atoms with Gasteiger partial charge < -0.3 is 24.4 Å². The molecule has 2 aliphatic heterocycles. The Hall–Kier alpha value is -4.02. The quantitative estimate of drug-likeness (QED) is 0.341. The molecule has 4 aromatic rings. The second-order valence-electron chi connectivity index (χ2n) is 10.3. The summed E-state index contributed by atoms with van der Waals surface area (Å²) in [7, 11) is 1.65. The molecule has 1 N–H and O–H groups in total. The van der Waals surface area contributed by atoms with Crippen molar-refractivity contribution in [3.8, 4) is 11.5 Å². The molecule has 10 nitrogen and oxygen atoms in total. The van der Waals surface area contributed by atoms with Gasteiger partial charge in [-0.05, 0) is 23.6 Å². The van der Waals surface area contributed by atoms with Crippen molar-refractivity contribution in [2.24, 2.45) is 0 Å². The van der Waals surface area contributed by atoms with E-state index in [1.54, 1.807) is 13.4 Å². The molecule has 4 heterocycles. The Kier molecular flexibility index (Phi) is 7.87. The number of rotatable bonds is 9. The summed E-state index contributed by atoms with van der Waals surface area (Å²) in [6.07, 6.45) is 7.27. The molecule has 208 valence electrons. The topological polar surface area (TPSA) is 100.0 Å². The first kappa shape index (κ1) is 26.2. The average Bonchev–Trinajstić information content (AvgIpc) is 3.44. The van der Waals surface area contributed by atoms with Crippen LogP contribution in [0, 0.1) is 0 Å². The molecular weight excluding hydrogens is 506 g/mol. The van der Waals surface area contributed by atoms with Crippen molar-refractivity contribution >= 4 is 22.7 Å². The van der Waals surface area contributed by atoms with Crippen LogP contribution < -0.4 is 19.3 Å². The van der Waals surface area contributed by atoms with Crippen LogP contribution in [0.15, 0.2) is 61.2 Å². The number of aromatic nitrogens is 4. The zero-order valence-electron chi connectivity index (χ0n) is 22.8. The van der Waals surface area contributed by atoms with E-state index in [4.69, 9.17) is 9.47 Å². The van der Waals surface area contributed by atoms with Crippen molar-refractivity contribution in [1.82, 2.24) is 24.8 Å². The predicted molar refractivity (Wildman–Crippen MR) is 154 cm³/mol. The van der Waals surface area contributed by atoms with Gasteiger partial charge in [-0.3, -0.25) is 4.90 Å². The van der Waals surface area contributed by atoms with Gasteiger partial charge in [0.15, 0.2) is 11.5 Å². The average molecular weight is 542 g/mol. The van der Waals surface area contributed by atoms with Gasteiger partial charge >= 0.3 is 0 Å². The van der Waals surface area contributed by atoms with Crippen LogP contribution in [0.3, 0.4) is 0 Å². The maximum Gasteiger partial charge on any atom is 0.225 e. The van der Waals surface area contributed by atoms with Gasteiger partial charge in [0.05, 0.1) is 19.2 Å². The second-order valence-corrected chi connectivity index (χ2v) is 10.3. The lowest BCUT2D eigenvalue weighted by Crippen LogP contribution is -2.47. The van der Waals surface area contributed by atoms with Crippen molar-refractivity contribution in [3.05, 3.63) is 72.3 Å². The Morgan fingerprint density at radius 3 is 2.40 bits per heavy atom. The summed E-state index contributed by atoms with van der Waals surface area (Å²) in [6.45, 7) is 5.71. The largest absolute Gasteiger partial charge is 0.493 e. The number of ether oxygens (including phenoxy) is 2. The van der Waals surface area contributed by atoms with Gasteiger partial charge in [-0.1, -0.05) is 30.3 Å². The van der Waals surface area contributed by atoms with Gasteiger partial charge in [-0.25, -0.2) is 19.9 Å². The van der Waals surface area contributed by atoms with E-state index in [2.05, 4.69) is 58.9 Å². The Morgan fingerprint density at radius 2 is 1.65 bits per heavy atom. The molecule has 0 radical (unpaired) electrons. The van der Waals surface area contributed by atoms with Crippen LogP contribution in [-0.2, 0) is 6.42 Å². The van der Waals surface area contributed by atoms with Crippen molar-refractivity contribution in [3.63, 3.8) is 0 Å². The SMILES string of the molecule is COc1cc2ncnc(N3CCN(c4ncc(Cc5ccccc5)cn4)CC3)c2cc1OC1CCN(CCO)C1. The number of piperazine rings is 1. The fraction of sp³-hybridized carbons (Fsp3) is 0.400. The minimum atomic E-state index is 0.0496. The molecule has 2 saturated heterocycles. The number of nitrogens with zero attached hydrogens (tertiary/aromatic N) is 7. The number of likely N-dealkylation sites (tertiary alicyclic amines) is 1. The number of β-amino-alcohol motifs (C(OH)–C–C–N with tert-alkyl or cyclic N) is 1. The predicted octanol–water partition coefficient (Wildman–Crippen LogP) is 2.79. The summed E-state index contributed by atoms with van der Waals surface area (Å²) in [5.41, 5.74) is 3.18. The number of hydrogen-bond donors (Lipinski definition) is 1. The molecule has 2 fully saturated rings. The molecule has 2 aromatic heterocycles. The van der Waals surface area contributed by atoms with Crippen LogP contribution in [0.1, 0.15) is 17.5 Å². The number of benzene rings is 2. The molecule has 0 aliphatic carbocycles. The highest BCUT2D eigenvalue weighted by molar-refractivity contribution is 5.92. The van der Waals surface area contributed by atoms with E-state index in [0.717, 1.165) is 80.3 Å². The zero-order valence-corrected chi connectivity index (χ0v) is 22.8. The molecule has 40 heavy (non-hydrogen) atoms. The van der Waals surface area contributed by atoms with Gasteiger partial charge in [0.25, 0.3) is 0 Å². The summed E-state index contributed by atoms with van der Waals surface area (Å²) in [6, 6.07) is 14.3. The van der Waals surface area contributed by atoms with E-state index in [1.165, 1.54) is 5.56 Å². The molecule has 2 aliphatic rings. The van der Waals surface area contributed by atoms with Gasteiger partial charge in [-0.2, -0.15) is 0 Å². The molecule has 0 amide bonds. The van der Waals surface area contributed by atoms with E-state index in [1.807, 2.05) is 30.6 Å². The Balaban J connectivity index is 1.14. The van der Waals surface area contributed by atoms with Crippen LogP contribution in [0.25, 0.3) is 10.9 Å². The van der Waals surface area contributed by atoms with Crippen LogP contribution in [0.2, 0.25) is 0 Å². The molecule has 1 atom stereocenters. The van der Waals surface area contributed by atoms with E-state index >= 15 is 0 Å². The van der Waals surface area contributed by atoms with E-state index in [0.29, 0.717) is 18.0 Å². The highest BCUT2D eigenvalue weighted by Gasteiger charge is 2.26. The Morgan fingerprint density at radius 1 is 0.875 bits per heavy atom. The van der Waals surface area contributed by atoms with Gasteiger partial charge in [0.2, 0.25) is 5.95 Å².